The van der Waals surface area contributed by atoms with Crippen LogP contribution >= 0.6 is 0 Å². The molecule has 1 saturated heterocycles. The maximum Gasteiger partial charge on any atom is 0.329 e. The first kappa shape index (κ1) is 20.6. The molecule has 3 atom stereocenters. The van der Waals surface area contributed by atoms with Crippen LogP contribution in [-0.2, 0) is 23.9 Å². The fourth-order valence-electron chi connectivity index (χ4n) is 3.07. The highest BCUT2D eigenvalue weighted by atomic mass is 16.5. The maximum absolute atomic E-state index is 12.4. The number of imide groups is 2. The summed E-state index contributed by atoms with van der Waals surface area (Å²) in [7, 11) is 0. The molecule has 9 nitrogen and oxygen atoms in total. The summed E-state index contributed by atoms with van der Waals surface area (Å²) in [5.74, 6) is -3.11. The van der Waals surface area contributed by atoms with Crippen LogP contribution in [0.2, 0.25) is 0 Å². The minimum Gasteiger partial charge on any atom is -0.454 e. The topological polar surface area (TPSA) is 122 Å². The minimum absolute atomic E-state index is 0.221. The van der Waals surface area contributed by atoms with Crippen molar-refractivity contribution in [3.05, 3.63) is 12.2 Å². The van der Waals surface area contributed by atoms with Gasteiger partial charge < -0.3 is 10.1 Å². The first-order valence-corrected chi connectivity index (χ1v) is 8.98. The molecule has 1 heterocycles. The van der Waals surface area contributed by atoms with Crippen molar-refractivity contribution in [1.82, 2.24) is 15.5 Å². The van der Waals surface area contributed by atoms with Gasteiger partial charge in [0.05, 0.1) is 11.8 Å². The van der Waals surface area contributed by atoms with E-state index in [4.69, 9.17) is 4.74 Å². The summed E-state index contributed by atoms with van der Waals surface area (Å²) in [5.41, 5.74) is 0. The third kappa shape index (κ3) is 4.93. The number of rotatable bonds is 6. The monoisotopic (exact) mass is 379 g/mol. The van der Waals surface area contributed by atoms with Gasteiger partial charge in [0.2, 0.25) is 11.8 Å². The van der Waals surface area contributed by atoms with E-state index in [-0.39, 0.29) is 5.92 Å². The lowest BCUT2D eigenvalue weighted by Crippen LogP contribution is -2.46. The van der Waals surface area contributed by atoms with Crippen LogP contribution in [0.15, 0.2) is 12.2 Å². The molecule has 1 aliphatic heterocycles. The molecule has 148 valence electrons. The number of likely N-dealkylation sites (tertiary alicyclic amines) is 1. The summed E-state index contributed by atoms with van der Waals surface area (Å²) in [6, 6.07) is -1.81. The van der Waals surface area contributed by atoms with E-state index < -0.39 is 54.2 Å². The van der Waals surface area contributed by atoms with Crippen molar-refractivity contribution < 1.29 is 28.7 Å². The SMILES string of the molecule is CC(C)CNC(=O)NC(=O)COC(=O)[C@H](C)N1C(=O)[C@H]2CC=CC[C@H]2C1=O. The van der Waals surface area contributed by atoms with Gasteiger partial charge in [-0.3, -0.25) is 24.6 Å². The van der Waals surface area contributed by atoms with E-state index in [1.807, 2.05) is 31.3 Å². The molecule has 1 fully saturated rings. The van der Waals surface area contributed by atoms with Crippen molar-refractivity contribution in [3.8, 4) is 0 Å². The van der Waals surface area contributed by atoms with Crippen LogP contribution in [0.1, 0.15) is 33.6 Å². The Morgan fingerprint density at radius 2 is 1.67 bits per heavy atom. The van der Waals surface area contributed by atoms with Crippen molar-refractivity contribution in [1.29, 1.82) is 0 Å². The fourth-order valence-corrected chi connectivity index (χ4v) is 3.07. The number of fused-ring (bicyclic) bond motifs is 1. The van der Waals surface area contributed by atoms with E-state index in [1.165, 1.54) is 6.92 Å². The number of amides is 5. The Balaban J connectivity index is 1.83. The molecule has 0 radical (unpaired) electrons. The van der Waals surface area contributed by atoms with Gasteiger partial charge in [0.1, 0.15) is 6.04 Å². The van der Waals surface area contributed by atoms with Gasteiger partial charge in [0, 0.05) is 6.54 Å². The number of carbonyl (C=O) groups excluding carboxylic acids is 5. The van der Waals surface area contributed by atoms with E-state index >= 15 is 0 Å². The van der Waals surface area contributed by atoms with Crippen LogP contribution in [0.5, 0.6) is 0 Å². The van der Waals surface area contributed by atoms with Gasteiger partial charge >= 0.3 is 12.0 Å². The van der Waals surface area contributed by atoms with E-state index in [2.05, 4.69) is 5.32 Å². The lowest BCUT2D eigenvalue weighted by molar-refractivity contribution is -0.159. The zero-order valence-electron chi connectivity index (χ0n) is 15.7. The second kappa shape index (κ2) is 8.79. The van der Waals surface area contributed by atoms with Crippen LogP contribution in [0.25, 0.3) is 0 Å². The Kier molecular flexibility index (Phi) is 6.70. The maximum atomic E-state index is 12.4. The zero-order chi connectivity index (χ0) is 20.1. The van der Waals surface area contributed by atoms with Crippen LogP contribution in [0, 0.1) is 17.8 Å². The van der Waals surface area contributed by atoms with Gasteiger partial charge in [-0.15, -0.1) is 0 Å². The molecule has 5 amide bonds. The summed E-state index contributed by atoms with van der Waals surface area (Å²) < 4.78 is 4.86. The molecule has 9 heteroatoms. The van der Waals surface area contributed by atoms with Gasteiger partial charge in [-0.25, -0.2) is 9.59 Å². The molecular weight excluding hydrogens is 354 g/mol. The largest absolute Gasteiger partial charge is 0.454 e. The molecule has 2 aliphatic rings. The minimum atomic E-state index is -1.13. The molecule has 2 rings (SSSR count). The van der Waals surface area contributed by atoms with Crippen LogP contribution in [0.4, 0.5) is 4.79 Å². The molecule has 2 N–H and O–H groups in total. The third-order valence-corrected chi connectivity index (χ3v) is 4.54. The molecule has 0 bridgehead atoms. The van der Waals surface area contributed by atoms with E-state index in [0.29, 0.717) is 19.4 Å². The summed E-state index contributed by atoms with van der Waals surface area (Å²) >= 11 is 0. The van der Waals surface area contributed by atoms with E-state index in [0.717, 1.165) is 4.90 Å². The molecule has 0 aromatic carbocycles. The van der Waals surface area contributed by atoms with E-state index in [1.54, 1.807) is 0 Å². The number of hydrogen-bond acceptors (Lipinski definition) is 6. The van der Waals surface area contributed by atoms with E-state index in [9.17, 15) is 24.0 Å². The van der Waals surface area contributed by atoms with Gasteiger partial charge in [-0.2, -0.15) is 0 Å². The number of ether oxygens (including phenoxy) is 1. The number of allylic oxidation sites excluding steroid dienone is 2. The Morgan fingerprint density at radius 3 is 2.19 bits per heavy atom. The van der Waals surface area contributed by atoms with Crippen molar-refractivity contribution in [2.24, 2.45) is 17.8 Å². The molecule has 0 unspecified atom stereocenters. The van der Waals surface area contributed by atoms with Crippen LogP contribution in [0.3, 0.4) is 0 Å². The summed E-state index contributed by atoms with van der Waals surface area (Å²) in [6.07, 6.45) is 4.66. The predicted molar refractivity (Wildman–Crippen MR) is 94.0 cm³/mol. The molecule has 0 aromatic rings. The summed E-state index contributed by atoms with van der Waals surface area (Å²) in [4.78, 5) is 61.1. The summed E-state index contributed by atoms with van der Waals surface area (Å²) in [5, 5.41) is 4.53. The summed E-state index contributed by atoms with van der Waals surface area (Å²) in [6.45, 7) is 4.90. The van der Waals surface area contributed by atoms with Gasteiger partial charge in [-0.1, -0.05) is 26.0 Å². The molecular formula is C18H25N3O6. The van der Waals surface area contributed by atoms with Crippen molar-refractivity contribution in [3.63, 3.8) is 0 Å². The standard InChI is InChI=1S/C18H25N3O6/c1-10(2)8-19-18(26)20-14(22)9-27-17(25)11(3)21-15(23)12-6-4-5-7-13(12)16(21)24/h4-5,10-13H,6-9H2,1-3H3,(H2,19,20,22,26)/t11-,12-,13+/m0/s1. The number of nitrogens with zero attached hydrogens (tertiary/aromatic N) is 1. The Hall–Kier alpha value is -2.71. The van der Waals surface area contributed by atoms with Gasteiger partial charge in [0.25, 0.3) is 5.91 Å². The van der Waals surface area contributed by atoms with Gasteiger partial charge in [0.15, 0.2) is 6.61 Å². The van der Waals surface area contributed by atoms with Crippen molar-refractivity contribution >= 4 is 29.7 Å². The second-order valence-electron chi connectivity index (χ2n) is 7.14. The first-order chi connectivity index (χ1) is 12.7. The molecule has 0 saturated carbocycles. The number of esters is 1. The second-order valence-corrected chi connectivity index (χ2v) is 7.14. The highest BCUT2D eigenvalue weighted by Gasteiger charge is 2.50. The third-order valence-electron chi connectivity index (χ3n) is 4.54. The average molecular weight is 379 g/mol. The average Bonchev–Trinajstić information content (AvgIpc) is 2.88. The Morgan fingerprint density at radius 1 is 1.11 bits per heavy atom. The molecule has 1 aliphatic carbocycles. The quantitative estimate of drug-likeness (QED) is 0.390. The molecule has 27 heavy (non-hydrogen) atoms. The Bertz CT molecular complexity index is 646. The predicted octanol–water partition coefficient (Wildman–Crippen LogP) is 0.351. The van der Waals surface area contributed by atoms with Crippen LogP contribution in [-0.4, -0.2) is 53.8 Å². The molecule has 0 aromatic heterocycles. The highest BCUT2D eigenvalue weighted by Crippen LogP contribution is 2.36. The highest BCUT2D eigenvalue weighted by molar-refractivity contribution is 6.08. The molecule has 0 spiro atoms. The number of hydrogen-bond donors (Lipinski definition) is 2. The fraction of sp³-hybridized carbons (Fsp3) is 0.611. The first-order valence-electron chi connectivity index (χ1n) is 8.98. The van der Waals surface area contributed by atoms with Crippen molar-refractivity contribution in [2.45, 2.75) is 39.7 Å². The Labute approximate surface area is 157 Å². The number of urea groups is 1. The normalized spacial score (nSPS) is 22.4. The zero-order valence-corrected chi connectivity index (χ0v) is 15.7. The number of carbonyl (C=O) groups is 5. The lowest BCUT2D eigenvalue weighted by atomic mass is 9.85. The van der Waals surface area contributed by atoms with Gasteiger partial charge in [-0.05, 0) is 25.7 Å². The number of nitrogens with one attached hydrogen (secondary N) is 2. The smallest absolute Gasteiger partial charge is 0.329 e. The van der Waals surface area contributed by atoms with Crippen LogP contribution < -0.4 is 10.6 Å². The lowest BCUT2D eigenvalue weighted by Gasteiger charge is -2.21. The van der Waals surface area contributed by atoms with Crippen molar-refractivity contribution in [2.75, 3.05) is 13.2 Å².